The van der Waals surface area contributed by atoms with Crippen molar-refractivity contribution in [3.05, 3.63) is 91.3 Å². The standard InChI is InChI=1S/C22H18ClF2N5O4/c1-26-8-18(31)30-17-5-2-12(6-16(17)28-22(30)33)9-29-11-27-20(19(23)21(29)32)34-10-13-3-4-14(24)7-15(13)25/h2-7,11,26H,8-10H2,1H3,(H,28,33). The Morgan fingerprint density at radius 2 is 2.00 bits per heavy atom. The second-order valence-electron chi connectivity index (χ2n) is 7.36. The maximum Gasteiger partial charge on any atom is 0.333 e. The molecule has 2 aromatic heterocycles. The summed E-state index contributed by atoms with van der Waals surface area (Å²) in [5, 5.41) is 2.40. The summed E-state index contributed by atoms with van der Waals surface area (Å²) in [4.78, 5) is 43.7. The Morgan fingerprint density at radius 1 is 1.21 bits per heavy atom. The number of halogens is 3. The second kappa shape index (κ2) is 9.57. The molecule has 2 aromatic carbocycles. The summed E-state index contributed by atoms with van der Waals surface area (Å²) in [5.41, 5.74) is 0.402. The van der Waals surface area contributed by atoms with Crippen LogP contribution in [0.2, 0.25) is 5.02 Å². The molecule has 0 fully saturated rings. The Labute approximate surface area is 195 Å². The normalized spacial score (nSPS) is 11.2. The first kappa shape index (κ1) is 23.3. The van der Waals surface area contributed by atoms with Crippen LogP contribution in [0.25, 0.3) is 11.0 Å². The lowest BCUT2D eigenvalue weighted by Crippen LogP contribution is -2.31. The molecule has 34 heavy (non-hydrogen) atoms. The van der Waals surface area contributed by atoms with Crippen molar-refractivity contribution in [2.75, 3.05) is 13.6 Å². The van der Waals surface area contributed by atoms with Crippen LogP contribution in [0.3, 0.4) is 0 Å². The molecule has 0 aliphatic heterocycles. The summed E-state index contributed by atoms with van der Waals surface area (Å²) in [6.45, 7) is -0.224. The third-order valence-corrected chi connectivity index (χ3v) is 5.33. The first-order valence-corrected chi connectivity index (χ1v) is 10.4. The van der Waals surface area contributed by atoms with Gasteiger partial charge in [0.25, 0.3) is 5.56 Å². The number of ether oxygens (including phenoxy) is 1. The smallest absolute Gasteiger partial charge is 0.333 e. The lowest BCUT2D eigenvalue weighted by molar-refractivity contribution is 0.0916. The van der Waals surface area contributed by atoms with E-state index in [4.69, 9.17) is 16.3 Å². The zero-order valence-corrected chi connectivity index (χ0v) is 18.5. The number of aromatic amines is 1. The van der Waals surface area contributed by atoms with Crippen molar-refractivity contribution in [1.29, 1.82) is 0 Å². The van der Waals surface area contributed by atoms with Crippen molar-refractivity contribution in [2.24, 2.45) is 0 Å². The Kier molecular flexibility index (Phi) is 6.57. The Bertz CT molecular complexity index is 1510. The number of nitrogens with zero attached hydrogens (tertiary/aromatic N) is 3. The van der Waals surface area contributed by atoms with Crippen LogP contribution in [0.15, 0.2) is 52.3 Å². The fourth-order valence-corrected chi connectivity index (χ4v) is 3.59. The van der Waals surface area contributed by atoms with E-state index in [-0.39, 0.29) is 36.2 Å². The molecule has 0 saturated carbocycles. The van der Waals surface area contributed by atoms with E-state index in [0.29, 0.717) is 16.6 Å². The molecule has 4 rings (SSSR count). The number of H-pyrrole nitrogens is 1. The number of carbonyl (C=O) groups is 1. The summed E-state index contributed by atoms with van der Waals surface area (Å²) in [7, 11) is 1.60. The number of likely N-dealkylation sites (N-methyl/N-ethyl adjacent to an activating group) is 1. The molecule has 0 radical (unpaired) electrons. The maximum absolute atomic E-state index is 13.8. The molecule has 2 heterocycles. The highest BCUT2D eigenvalue weighted by Crippen LogP contribution is 2.20. The van der Waals surface area contributed by atoms with Crippen LogP contribution in [0.5, 0.6) is 5.88 Å². The number of fused-ring (bicyclic) bond motifs is 1. The SMILES string of the molecule is CNCC(=O)n1c(=O)[nH]c2cc(Cn3cnc(OCc4ccc(F)cc4F)c(Cl)c3=O)ccc21. The zero-order valence-electron chi connectivity index (χ0n) is 17.8. The monoisotopic (exact) mass is 489 g/mol. The molecule has 2 N–H and O–H groups in total. The van der Waals surface area contributed by atoms with Gasteiger partial charge in [-0.3, -0.25) is 14.2 Å². The summed E-state index contributed by atoms with van der Waals surface area (Å²) < 4.78 is 34.4. The third-order valence-electron chi connectivity index (χ3n) is 5.01. The number of nitrogens with one attached hydrogen (secondary N) is 2. The predicted octanol–water partition coefficient (Wildman–Crippen LogP) is 2.30. The molecule has 0 spiro atoms. The molecule has 0 bridgehead atoms. The lowest BCUT2D eigenvalue weighted by Gasteiger charge is -2.11. The van der Waals surface area contributed by atoms with Crippen LogP contribution in [-0.2, 0) is 13.2 Å². The Hall–Kier alpha value is -3.83. The van der Waals surface area contributed by atoms with Crippen molar-refractivity contribution in [3.63, 3.8) is 0 Å². The number of imidazole rings is 1. The van der Waals surface area contributed by atoms with Gasteiger partial charge >= 0.3 is 5.69 Å². The molecule has 0 aliphatic carbocycles. The Morgan fingerprint density at radius 3 is 2.74 bits per heavy atom. The zero-order chi connectivity index (χ0) is 24.4. The second-order valence-corrected chi connectivity index (χ2v) is 7.74. The van der Waals surface area contributed by atoms with Gasteiger partial charge in [0, 0.05) is 11.6 Å². The summed E-state index contributed by atoms with van der Waals surface area (Å²) in [6.07, 6.45) is 1.22. The van der Waals surface area contributed by atoms with Crippen LogP contribution in [-0.4, -0.2) is 38.6 Å². The van der Waals surface area contributed by atoms with E-state index in [1.165, 1.54) is 17.0 Å². The molecule has 0 atom stereocenters. The van der Waals surface area contributed by atoms with Gasteiger partial charge in [0.2, 0.25) is 11.8 Å². The minimum absolute atomic E-state index is 0.00358. The molecule has 9 nitrogen and oxygen atoms in total. The number of aromatic nitrogens is 4. The quantitative estimate of drug-likeness (QED) is 0.412. The number of hydrogen-bond donors (Lipinski definition) is 2. The van der Waals surface area contributed by atoms with E-state index in [1.807, 2.05) is 0 Å². The van der Waals surface area contributed by atoms with Crippen LogP contribution in [0, 0.1) is 11.6 Å². The van der Waals surface area contributed by atoms with Gasteiger partial charge in [0.15, 0.2) is 5.02 Å². The van der Waals surface area contributed by atoms with E-state index in [1.54, 1.807) is 25.2 Å². The highest BCUT2D eigenvalue weighted by molar-refractivity contribution is 6.31. The summed E-state index contributed by atoms with van der Waals surface area (Å²) in [6, 6.07) is 7.94. The fraction of sp³-hybridized carbons (Fsp3) is 0.182. The van der Waals surface area contributed by atoms with E-state index < -0.39 is 28.8 Å². The van der Waals surface area contributed by atoms with Crippen molar-refractivity contribution >= 4 is 28.5 Å². The molecular weight excluding hydrogens is 472 g/mol. The minimum atomic E-state index is -0.792. The molecule has 0 saturated heterocycles. The van der Waals surface area contributed by atoms with Gasteiger partial charge in [-0.05, 0) is 36.9 Å². The average molecular weight is 490 g/mol. The number of rotatable bonds is 7. The van der Waals surface area contributed by atoms with Gasteiger partial charge in [0.1, 0.15) is 24.6 Å². The van der Waals surface area contributed by atoms with Crippen LogP contribution >= 0.6 is 11.6 Å². The van der Waals surface area contributed by atoms with Crippen molar-refractivity contribution < 1.29 is 18.3 Å². The number of hydrogen-bond acceptors (Lipinski definition) is 6. The molecule has 4 aromatic rings. The first-order chi connectivity index (χ1) is 16.3. The third kappa shape index (κ3) is 4.61. The van der Waals surface area contributed by atoms with Gasteiger partial charge in [-0.15, -0.1) is 0 Å². The van der Waals surface area contributed by atoms with E-state index in [9.17, 15) is 23.2 Å². The summed E-state index contributed by atoms with van der Waals surface area (Å²) in [5.74, 6) is -2.11. The maximum atomic E-state index is 13.8. The molecule has 12 heteroatoms. The van der Waals surface area contributed by atoms with Crippen molar-refractivity contribution in [3.8, 4) is 5.88 Å². The largest absolute Gasteiger partial charge is 0.471 e. The van der Waals surface area contributed by atoms with Crippen LogP contribution < -0.4 is 21.3 Å². The average Bonchev–Trinajstić information content (AvgIpc) is 3.12. The molecule has 0 aliphatic rings. The van der Waals surface area contributed by atoms with Gasteiger partial charge in [-0.1, -0.05) is 17.7 Å². The molecule has 176 valence electrons. The Balaban J connectivity index is 1.55. The minimum Gasteiger partial charge on any atom is -0.471 e. The predicted molar refractivity (Wildman–Crippen MR) is 120 cm³/mol. The number of carbonyl (C=O) groups excluding carboxylic acids is 1. The van der Waals surface area contributed by atoms with E-state index in [2.05, 4.69) is 15.3 Å². The summed E-state index contributed by atoms with van der Waals surface area (Å²) >= 11 is 6.11. The van der Waals surface area contributed by atoms with Crippen molar-refractivity contribution in [2.45, 2.75) is 13.2 Å². The topological polar surface area (TPSA) is 111 Å². The molecule has 0 unspecified atom stereocenters. The highest BCUT2D eigenvalue weighted by atomic mass is 35.5. The first-order valence-electron chi connectivity index (χ1n) is 10.0. The van der Waals surface area contributed by atoms with E-state index in [0.717, 1.165) is 16.7 Å². The molecular formula is C22H18ClF2N5O4. The lowest BCUT2D eigenvalue weighted by atomic mass is 10.2. The number of benzene rings is 2. The highest BCUT2D eigenvalue weighted by Gasteiger charge is 2.15. The van der Waals surface area contributed by atoms with Gasteiger partial charge in [-0.2, -0.15) is 0 Å². The van der Waals surface area contributed by atoms with E-state index >= 15 is 0 Å². The van der Waals surface area contributed by atoms with Gasteiger partial charge < -0.3 is 15.0 Å². The molecule has 0 amide bonds. The van der Waals surface area contributed by atoms with Gasteiger partial charge in [-0.25, -0.2) is 23.1 Å². The van der Waals surface area contributed by atoms with Crippen LogP contribution in [0.4, 0.5) is 8.78 Å². The van der Waals surface area contributed by atoms with Gasteiger partial charge in [0.05, 0.1) is 24.1 Å². The fourth-order valence-electron chi connectivity index (χ4n) is 3.38. The van der Waals surface area contributed by atoms with Crippen molar-refractivity contribution in [1.82, 2.24) is 24.4 Å². The van der Waals surface area contributed by atoms with Crippen LogP contribution in [0.1, 0.15) is 15.9 Å².